The van der Waals surface area contributed by atoms with Crippen molar-refractivity contribution in [2.45, 2.75) is 12.5 Å². The average Bonchev–Trinajstić information content (AvgIpc) is 2.82. The average molecular weight is 498 g/mol. The predicted molar refractivity (Wildman–Crippen MR) is 123 cm³/mol. The van der Waals surface area contributed by atoms with Gasteiger partial charge in [-0.3, -0.25) is 14.4 Å². The summed E-state index contributed by atoms with van der Waals surface area (Å²) in [6.45, 7) is -0.478. The minimum Gasteiger partial charge on any atom is -0.504 e. The van der Waals surface area contributed by atoms with Crippen molar-refractivity contribution >= 4 is 33.8 Å². The first-order chi connectivity index (χ1) is 17.0. The number of carbonyl (C=O) groups is 2. The topological polar surface area (TPSA) is 234 Å². The number of aromatic nitrogens is 1. The second kappa shape index (κ2) is 8.96. The first-order valence-corrected chi connectivity index (χ1v) is 10.2. The van der Waals surface area contributed by atoms with E-state index in [0.29, 0.717) is 0 Å². The summed E-state index contributed by atoms with van der Waals surface area (Å²) >= 11 is 0. The van der Waals surface area contributed by atoms with Crippen molar-refractivity contribution in [1.82, 2.24) is 4.98 Å². The molecule has 0 bridgehead atoms. The van der Waals surface area contributed by atoms with Crippen molar-refractivity contribution in [2.75, 3.05) is 6.61 Å². The van der Waals surface area contributed by atoms with Crippen LogP contribution in [0.5, 0.6) is 23.0 Å². The number of ether oxygens (including phenoxy) is 1. The van der Waals surface area contributed by atoms with E-state index in [0.717, 1.165) is 30.7 Å². The molecule has 13 heteroatoms. The van der Waals surface area contributed by atoms with Crippen molar-refractivity contribution in [2.24, 2.45) is 5.73 Å². The van der Waals surface area contributed by atoms with Gasteiger partial charge in [-0.25, -0.2) is 4.79 Å². The second-order valence-electron chi connectivity index (χ2n) is 7.76. The lowest BCUT2D eigenvalue weighted by molar-refractivity contribution is -0.138. The number of H-pyrrole nitrogens is 1. The van der Waals surface area contributed by atoms with Crippen LogP contribution >= 0.6 is 0 Å². The number of esters is 1. The lowest BCUT2D eigenvalue weighted by Gasteiger charge is -2.12. The number of carbonyl (C=O) groups excluding carboxylic acids is 1. The van der Waals surface area contributed by atoms with Crippen molar-refractivity contribution in [1.29, 1.82) is 0 Å². The molecule has 0 fully saturated rings. The molecule has 13 nitrogen and oxygen atoms in total. The third kappa shape index (κ3) is 4.03. The number of hydrogen-bond donors (Lipinski definition) is 7. The number of rotatable bonds is 6. The first-order valence-electron chi connectivity index (χ1n) is 10.2. The van der Waals surface area contributed by atoms with E-state index in [-0.39, 0.29) is 34.0 Å². The number of hydrogen-bond acceptors (Lipinski definition) is 11. The molecule has 1 atom stereocenters. The Bertz CT molecular complexity index is 1670. The fourth-order valence-electron chi connectivity index (χ4n) is 3.57. The Hall–Kier alpha value is -5.04. The van der Waals surface area contributed by atoms with Crippen LogP contribution in [0.4, 0.5) is 0 Å². The molecule has 4 aromatic rings. The summed E-state index contributed by atoms with van der Waals surface area (Å²) in [5.74, 6) is -5.43. The molecule has 0 aliphatic heterocycles. The van der Waals surface area contributed by atoms with Crippen LogP contribution in [-0.2, 0) is 9.53 Å². The maximum atomic E-state index is 13.4. The van der Waals surface area contributed by atoms with Gasteiger partial charge in [-0.2, -0.15) is 0 Å². The van der Waals surface area contributed by atoms with Gasteiger partial charge in [-0.05, 0) is 6.07 Å². The number of aromatic amines is 1. The van der Waals surface area contributed by atoms with E-state index in [9.17, 15) is 39.6 Å². The van der Waals surface area contributed by atoms with Crippen LogP contribution in [0.15, 0.2) is 44.7 Å². The van der Waals surface area contributed by atoms with Crippen LogP contribution in [0, 0.1) is 0 Å². The molecule has 0 saturated heterocycles. The highest BCUT2D eigenvalue weighted by molar-refractivity contribution is 6.07. The van der Waals surface area contributed by atoms with Crippen LogP contribution in [0.25, 0.3) is 33.0 Å². The SMILES string of the molecule is NC(CCOC(=O)c1c(O)c(O)cc2occ(-c3c[nH]c4cc(O)c(O)cc4c3=O)c(=O)c12)C(=O)O. The number of aliphatic carboxylic acids is 1. The highest BCUT2D eigenvalue weighted by Gasteiger charge is 2.26. The highest BCUT2D eigenvalue weighted by Crippen LogP contribution is 2.36. The maximum absolute atomic E-state index is 13.4. The fraction of sp³-hybridized carbons (Fsp3) is 0.130. The molecule has 8 N–H and O–H groups in total. The van der Waals surface area contributed by atoms with Crippen LogP contribution in [0.2, 0.25) is 0 Å². The highest BCUT2D eigenvalue weighted by atomic mass is 16.5. The number of phenolic OH excluding ortho intramolecular Hbond substituents is 4. The Kier molecular flexibility index (Phi) is 6.00. The minimum atomic E-state index is -1.33. The van der Waals surface area contributed by atoms with E-state index in [2.05, 4.69) is 4.98 Å². The summed E-state index contributed by atoms with van der Waals surface area (Å²) in [5, 5.41) is 48.0. The largest absolute Gasteiger partial charge is 0.504 e. The van der Waals surface area contributed by atoms with Gasteiger partial charge in [0.05, 0.1) is 34.0 Å². The van der Waals surface area contributed by atoms with Gasteiger partial charge in [0.25, 0.3) is 0 Å². The Morgan fingerprint density at radius 1 is 1.00 bits per heavy atom. The molecule has 4 rings (SSSR count). The van der Waals surface area contributed by atoms with Crippen LogP contribution in [0.3, 0.4) is 0 Å². The van der Waals surface area contributed by atoms with E-state index in [1.807, 2.05) is 0 Å². The predicted octanol–water partition coefficient (Wildman–Crippen LogP) is 1.08. The van der Waals surface area contributed by atoms with Crippen molar-refractivity contribution < 1.29 is 44.3 Å². The lowest BCUT2D eigenvalue weighted by Crippen LogP contribution is -2.31. The number of benzene rings is 2. The quantitative estimate of drug-likeness (QED) is 0.146. The van der Waals surface area contributed by atoms with E-state index >= 15 is 0 Å². The number of aromatic hydroxyl groups is 4. The van der Waals surface area contributed by atoms with Gasteiger partial charge in [-0.15, -0.1) is 0 Å². The van der Waals surface area contributed by atoms with E-state index in [4.69, 9.17) is 20.0 Å². The number of carboxylic acid groups (broad SMARTS) is 1. The standard InChI is InChI=1S/C23H18N2O11/c24-11(22(32)33)1-2-35-23(34)18-17-16(5-15(28)21(18)31)36-7-10(20(17)30)9-6-25-12-4-14(27)13(26)3-8(12)19(9)29/h3-7,11,26-28,31H,1-2,24H2,(H,25,29)(H,32,33). The monoisotopic (exact) mass is 498 g/mol. The molecular weight excluding hydrogens is 480 g/mol. The van der Waals surface area contributed by atoms with Gasteiger partial charge in [0.15, 0.2) is 28.4 Å². The summed E-state index contributed by atoms with van der Waals surface area (Å²) in [4.78, 5) is 52.7. The first kappa shape index (κ1) is 24.1. The molecule has 2 aromatic carbocycles. The summed E-state index contributed by atoms with van der Waals surface area (Å²) in [5.41, 5.74) is 2.24. The number of nitrogens with two attached hydrogens (primary N) is 1. The fourth-order valence-corrected chi connectivity index (χ4v) is 3.57. The van der Waals surface area contributed by atoms with Crippen LogP contribution in [0.1, 0.15) is 16.8 Å². The number of fused-ring (bicyclic) bond motifs is 2. The smallest absolute Gasteiger partial charge is 0.342 e. The molecule has 2 aromatic heterocycles. The summed E-state index contributed by atoms with van der Waals surface area (Å²) in [7, 11) is 0. The van der Waals surface area contributed by atoms with Gasteiger partial charge >= 0.3 is 11.9 Å². The Labute approximate surface area is 199 Å². The molecule has 0 spiro atoms. The Morgan fingerprint density at radius 2 is 1.69 bits per heavy atom. The molecule has 0 saturated carbocycles. The molecule has 2 heterocycles. The zero-order valence-corrected chi connectivity index (χ0v) is 18.1. The molecule has 36 heavy (non-hydrogen) atoms. The Balaban J connectivity index is 1.87. The Morgan fingerprint density at radius 3 is 2.39 bits per heavy atom. The van der Waals surface area contributed by atoms with Gasteiger partial charge < -0.3 is 45.4 Å². The third-order valence-corrected chi connectivity index (χ3v) is 5.47. The maximum Gasteiger partial charge on any atom is 0.342 e. The molecule has 0 radical (unpaired) electrons. The van der Waals surface area contributed by atoms with Crippen molar-refractivity contribution in [3.8, 4) is 34.1 Å². The zero-order chi connectivity index (χ0) is 26.3. The van der Waals surface area contributed by atoms with E-state index < -0.39 is 69.4 Å². The van der Waals surface area contributed by atoms with Crippen molar-refractivity contribution in [3.05, 3.63) is 56.7 Å². The summed E-state index contributed by atoms with van der Waals surface area (Å²) in [6, 6.07) is 1.68. The normalized spacial score (nSPS) is 12.0. The molecular formula is C23H18N2O11. The van der Waals surface area contributed by atoms with E-state index in [1.165, 1.54) is 0 Å². The number of carboxylic acids is 1. The number of phenols is 4. The summed E-state index contributed by atoms with van der Waals surface area (Å²) in [6.07, 6.45) is 1.80. The van der Waals surface area contributed by atoms with Gasteiger partial charge in [0.2, 0.25) is 5.43 Å². The molecule has 0 amide bonds. The van der Waals surface area contributed by atoms with Gasteiger partial charge in [-0.1, -0.05) is 0 Å². The molecule has 0 aliphatic rings. The van der Waals surface area contributed by atoms with Crippen LogP contribution in [-0.4, -0.2) is 55.1 Å². The summed E-state index contributed by atoms with van der Waals surface area (Å²) < 4.78 is 10.3. The number of nitrogens with one attached hydrogen (secondary N) is 1. The second-order valence-corrected chi connectivity index (χ2v) is 7.76. The number of pyridine rings is 1. The van der Waals surface area contributed by atoms with Crippen LogP contribution < -0.4 is 16.6 Å². The third-order valence-electron chi connectivity index (χ3n) is 5.47. The van der Waals surface area contributed by atoms with Gasteiger partial charge in [0.1, 0.15) is 23.5 Å². The van der Waals surface area contributed by atoms with Gasteiger partial charge in [0, 0.05) is 24.8 Å². The minimum absolute atomic E-state index is 0.0646. The lowest BCUT2D eigenvalue weighted by atomic mass is 10.0. The molecule has 0 aliphatic carbocycles. The molecule has 186 valence electrons. The molecule has 1 unspecified atom stereocenters. The van der Waals surface area contributed by atoms with Crippen molar-refractivity contribution in [3.63, 3.8) is 0 Å². The van der Waals surface area contributed by atoms with E-state index in [1.54, 1.807) is 0 Å². The zero-order valence-electron chi connectivity index (χ0n) is 18.1.